The van der Waals surface area contributed by atoms with Crippen LogP contribution in [0.1, 0.15) is 26.3 Å². The molecule has 0 bridgehead atoms. The third-order valence-corrected chi connectivity index (χ3v) is 3.47. The summed E-state index contributed by atoms with van der Waals surface area (Å²) in [6.45, 7) is 0. The quantitative estimate of drug-likeness (QED) is 0.607. The van der Waals surface area contributed by atoms with E-state index in [-0.39, 0.29) is 17.2 Å². The van der Waals surface area contributed by atoms with Gasteiger partial charge >= 0.3 is 6.18 Å². The maximum absolute atomic E-state index is 14.1. The van der Waals surface area contributed by atoms with Crippen molar-refractivity contribution in [1.29, 1.82) is 0 Å². The lowest BCUT2D eigenvalue weighted by Gasteiger charge is -2.14. The van der Waals surface area contributed by atoms with Gasteiger partial charge in [0.05, 0.1) is 22.4 Å². The van der Waals surface area contributed by atoms with Crippen molar-refractivity contribution in [3.8, 4) is 5.69 Å². The number of nitrogens with one attached hydrogen (secondary N) is 1. The summed E-state index contributed by atoms with van der Waals surface area (Å²) in [6, 6.07) is 2.27. The second-order valence-electron chi connectivity index (χ2n) is 4.94. The highest BCUT2D eigenvalue weighted by Crippen LogP contribution is 2.31. The van der Waals surface area contributed by atoms with Gasteiger partial charge in [0.25, 0.3) is 17.4 Å². The van der Waals surface area contributed by atoms with E-state index in [0.717, 1.165) is 12.1 Å². The Hall–Kier alpha value is -3.17. The van der Waals surface area contributed by atoms with Gasteiger partial charge in [0.15, 0.2) is 0 Å². The normalized spacial score (nSPS) is 13.8. The molecule has 124 valence electrons. The van der Waals surface area contributed by atoms with Gasteiger partial charge in [0, 0.05) is 6.07 Å². The summed E-state index contributed by atoms with van der Waals surface area (Å²) in [5.41, 5.74) is 2.29. The van der Waals surface area contributed by atoms with E-state index < -0.39 is 46.4 Å². The minimum Gasteiger partial charge on any atom is -0.384 e. The summed E-state index contributed by atoms with van der Waals surface area (Å²) in [5.74, 6) is -3.62. The molecule has 2 heterocycles. The fraction of sp³-hybridized carbons (Fsp3) is 0.0714. The molecule has 0 saturated carbocycles. The molecule has 3 rings (SSSR count). The number of carbonyl (C=O) groups is 2. The van der Waals surface area contributed by atoms with E-state index in [1.165, 1.54) is 0 Å². The van der Waals surface area contributed by atoms with Crippen LogP contribution in [0.25, 0.3) is 5.69 Å². The molecule has 0 atom stereocenters. The van der Waals surface area contributed by atoms with E-state index >= 15 is 0 Å². The van der Waals surface area contributed by atoms with Crippen molar-refractivity contribution in [2.24, 2.45) is 0 Å². The molecular weight excluding hydrogens is 334 g/mol. The summed E-state index contributed by atoms with van der Waals surface area (Å²) in [4.78, 5) is 35.3. The first-order valence-electron chi connectivity index (χ1n) is 6.39. The molecule has 2 amide bonds. The van der Waals surface area contributed by atoms with Gasteiger partial charge in [-0.25, -0.2) is 4.39 Å². The minimum absolute atomic E-state index is 0.208. The number of carbonyl (C=O) groups excluding carboxylic acids is 2. The second kappa shape index (κ2) is 4.91. The average Bonchev–Trinajstić information content (AvgIpc) is 2.74. The van der Waals surface area contributed by atoms with E-state index in [0.29, 0.717) is 10.6 Å². The maximum Gasteiger partial charge on any atom is 0.416 e. The maximum atomic E-state index is 14.1. The van der Waals surface area contributed by atoms with Crippen molar-refractivity contribution < 1.29 is 27.2 Å². The Balaban J connectivity index is 2.26. The number of fused-ring (bicyclic) bond motifs is 1. The van der Waals surface area contributed by atoms with E-state index in [4.69, 9.17) is 5.73 Å². The Bertz CT molecular complexity index is 963. The number of nitrogens with zero attached hydrogens (tertiary/aromatic N) is 1. The summed E-state index contributed by atoms with van der Waals surface area (Å²) >= 11 is 0. The van der Waals surface area contributed by atoms with Crippen LogP contribution in [0.2, 0.25) is 0 Å². The molecule has 6 nitrogen and oxygen atoms in total. The zero-order valence-electron chi connectivity index (χ0n) is 11.6. The predicted molar refractivity (Wildman–Crippen MR) is 73.2 cm³/mol. The number of rotatable bonds is 1. The first-order chi connectivity index (χ1) is 11.1. The third-order valence-electron chi connectivity index (χ3n) is 3.47. The van der Waals surface area contributed by atoms with Crippen molar-refractivity contribution in [2.75, 3.05) is 5.73 Å². The number of amides is 2. The molecule has 0 spiro atoms. The molecule has 1 aliphatic heterocycles. The summed E-state index contributed by atoms with van der Waals surface area (Å²) < 4.78 is 52.4. The lowest BCUT2D eigenvalue weighted by atomic mass is 10.1. The Kier molecular flexibility index (Phi) is 3.22. The minimum atomic E-state index is -4.76. The molecule has 2 aromatic rings. The van der Waals surface area contributed by atoms with Crippen LogP contribution in [0.15, 0.2) is 29.1 Å². The first-order valence-corrected chi connectivity index (χ1v) is 6.39. The van der Waals surface area contributed by atoms with Crippen molar-refractivity contribution in [1.82, 2.24) is 9.88 Å². The molecule has 1 aromatic heterocycles. The molecule has 10 heteroatoms. The van der Waals surface area contributed by atoms with E-state index in [2.05, 4.69) is 0 Å². The monoisotopic (exact) mass is 341 g/mol. The van der Waals surface area contributed by atoms with Crippen LogP contribution in [0.5, 0.6) is 0 Å². The number of hydrogen-bond acceptors (Lipinski definition) is 4. The average molecular weight is 341 g/mol. The Labute approximate surface area is 130 Å². The molecule has 0 fully saturated rings. The van der Waals surface area contributed by atoms with Gasteiger partial charge in [0.1, 0.15) is 11.6 Å². The zero-order valence-corrected chi connectivity index (χ0v) is 11.6. The van der Waals surface area contributed by atoms with Crippen LogP contribution in [-0.4, -0.2) is 16.4 Å². The number of nitrogens with two attached hydrogens (primary N) is 1. The van der Waals surface area contributed by atoms with Crippen LogP contribution in [0, 0.1) is 5.82 Å². The highest BCUT2D eigenvalue weighted by Gasteiger charge is 2.34. The zero-order chi connectivity index (χ0) is 17.8. The van der Waals surface area contributed by atoms with Crippen molar-refractivity contribution in [2.45, 2.75) is 6.18 Å². The molecule has 24 heavy (non-hydrogen) atoms. The predicted octanol–water partition coefficient (Wildman–Crippen LogP) is 1.46. The van der Waals surface area contributed by atoms with Gasteiger partial charge < -0.3 is 5.73 Å². The number of pyridine rings is 1. The summed E-state index contributed by atoms with van der Waals surface area (Å²) in [6.07, 6.45) is -4.76. The number of imide groups is 1. The molecule has 0 aliphatic carbocycles. The number of aromatic nitrogens is 1. The lowest BCUT2D eigenvalue weighted by molar-refractivity contribution is -0.137. The van der Waals surface area contributed by atoms with Crippen LogP contribution in [-0.2, 0) is 6.18 Å². The smallest absolute Gasteiger partial charge is 0.384 e. The second-order valence-corrected chi connectivity index (χ2v) is 4.94. The molecule has 1 aromatic carbocycles. The van der Waals surface area contributed by atoms with Gasteiger partial charge in [-0.15, -0.1) is 0 Å². The Morgan fingerprint density at radius 1 is 1.04 bits per heavy atom. The van der Waals surface area contributed by atoms with Gasteiger partial charge in [-0.1, -0.05) is 0 Å². The molecule has 0 unspecified atom stereocenters. The molecule has 0 radical (unpaired) electrons. The van der Waals surface area contributed by atoms with Crippen molar-refractivity contribution in [3.05, 3.63) is 57.1 Å². The molecule has 3 N–H and O–H groups in total. The van der Waals surface area contributed by atoms with Crippen molar-refractivity contribution in [3.63, 3.8) is 0 Å². The molecule has 1 aliphatic rings. The fourth-order valence-electron chi connectivity index (χ4n) is 2.39. The molecular formula is C14H7F4N3O3. The highest BCUT2D eigenvalue weighted by atomic mass is 19.4. The first kappa shape index (κ1) is 15.7. The summed E-state index contributed by atoms with van der Waals surface area (Å²) in [5, 5.41) is 1.92. The summed E-state index contributed by atoms with van der Waals surface area (Å²) in [7, 11) is 0. The Morgan fingerprint density at radius 3 is 2.29 bits per heavy atom. The third kappa shape index (κ3) is 2.23. The lowest BCUT2D eigenvalue weighted by Crippen LogP contribution is -2.25. The SMILES string of the molecule is Nc1c2c(cc(=O)n1-c1ccc(C(F)(F)F)cc1F)C(=O)NC2=O. The fourth-order valence-corrected chi connectivity index (χ4v) is 2.39. The van der Waals surface area contributed by atoms with E-state index in [1.54, 1.807) is 0 Å². The van der Waals surface area contributed by atoms with Gasteiger partial charge in [-0.05, 0) is 18.2 Å². The van der Waals surface area contributed by atoms with E-state index in [1.807, 2.05) is 5.32 Å². The number of nitrogen functional groups attached to an aromatic ring is 1. The molecule has 0 saturated heterocycles. The number of alkyl halides is 3. The van der Waals surface area contributed by atoms with Crippen LogP contribution in [0.4, 0.5) is 23.4 Å². The van der Waals surface area contributed by atoms with Gasteiger partial charge in [-0.2, -0.15) is 13.2 Å². The standard InChI is InChI=1S/C14H7F4N3O3/c15-7-3-5(14(16,17)18)1-2-8(7)21-9(22)4-6-10(11(21)19)13(24)20-12(6)23/h1-4H,19H2,(H,20,23,24). The highest BCUT2D eigenvalue weighted by molar-refractivity contribution is 6.23. The van der Waals surface area contributed by atoms with Crippen molar-refractivity contribution >= 4 is 17.6 Å². The Morgan fingerprint density at radius 2 is 1.71 bits per heavy atom. The van der Waals surface area contributed by atoms with E-state index in [9.17, 15) is 31.9 Å². The van der Waals surface area contributed by atoms with Crippen LogP contribution >= 0.6 is 0 Å². The topological polar surface area (TPSA) is 94.2 Å². The number of halogens is 4. The van der Waals surface area contributed by atoms with Crippen LogP contribution < -0.4 is 16.6 Å². The number of hydrogen-bond donors (Lipinski definition) is 2. The van der Waals surface area contributed by atoms with Crippen LogP contribution in [0.3, 0.4) is 0 Å². The van der Waals surface area contributed by atoms with Gasteiger partial charge in [0.2, 0.25) is 0 Å². The number of anilines is 1. The largest absolute Gasteiger partial charge is 0.416 e. The van der Waals surface area contributed by atoms with Gasteiger partial charge in [-0.3, -0.25) is 24.3 Å². The number of benzene rings is 1.